The van der Waals surface area contributed by atoms with Gasteiger partial charge in [-0.3, -0.25) is 4.79 Å². The first kappa shape index (κ1) is 19.5. The summed E-state index contributed by atoms with van der Waals surface area (Å²) in [6, 6.07) is 8.10. The summed E-state index contributed by atoms with van der Waals surface area (Å²) in [4.78, 5) is 29.3. The van der Waals surface area contributed by atoms with Crippen LogP contribution in [0.4, 0.5) is 4.79 Å². The van der Waals surface area contributed by atoms with E-state index in [0.717, 1.165) is 58.2 Å². The number of thiophene rings is 1. The molecule has 1 amide bonds. The summed E-state index contributed by atoms with van der Waals surface area (Å²) in [6.45, 7) is 9.58. The molecule has 0 saturated carbocycles. The number of ether oxygens (including phenoxy) is 1. The minimum Gasteiger partial charge on any atom is -0.447 e. The summed E-state index contributed by atoms with van der Waals surface area (Å²) in [5.74, 6) is 0. The number of benzene rings is 1. The number of rotatable bonds is 4. The maximum Gasteiger partial charge on any atom is 0.407 e. The largest absolute Gasteiger partial charge is 0.447 e. The third-order valence-electron chi connectivity index (χ3n) is 5.30. The van der Waals surface area contributed by atoms with E-state index in [1.165, 1.54) is 0 Å². The monoisotopic (exact) mass is 411 g/mol. The summed E-state index contributed by atoms with van der Waals surface area (Å²) < 4.78 is 6.18. The second-order valence-electron chi connectivity index (χ2n) is 7.68. The molecule has 6 nitrogen and oxygen atoms in total. The molecule has 0 atom stereocenters. The number of nitrogens with one attached hydrogen (secondary N) is 2. The van der Waals surface area contributed by atoms with E-state index in [1.807, 2.05) is 31.4 Å². The molecule has 0 radical (unpaired) electrons. The fraction of sp³-hybridized carbons (Fsp3) is 0.364. The maximum atomic E-state index is 12.3. The van der Waals surface area contributed by atoms with E-state index in [4.69, 9.17) is 4.74 Å². The van der Waals surface area contributed by atoms with Crippen LogP contribution in [-0.4, -0.2) is 41.2 Å². The number of aromatic nitrogens is 1. The van der Waals surface area contributed by atoms with Crippen LogP contribution >= 0.6 is 11.3 Å². The van der Waals surface area contributed by atoms with Crippen LogP contribution in [0.25, 0.3) is 26.7 Å². The first-order valence-electron chi connectivity index (χ1n) is 9.87. The summed E-state index contributed by atoms with van der Waals surface area (Å²) in [7, 11) is 0. The summed E-state index contributed by atoms with van der Waals surface area (Å²) in [6.07, 6.45) is 1.21. The van der Waals surface area contributed by atoms with Gasteiger partial charge in [0.15, 0.2) is 0 Å². The van der Waals surface area contributed by atoms with Gasteiger partial charge < -0.3 is 19.9 Å². The minimum atomic E-state index is -0.351. The van der Waals surface area contributed by atoms with E-state index in [9.17, 15) is 9.59 Å². The van der Waals surface area contributed by atoms with Gasteiger partial charge in [-0.15, -0.1) is 11.3 Å². The van der Waals surface area contributed by atoms with Crippen LogP contribution in [0.3, 0.4) is 0 Å². The van der Waals surface area contributed by atoms with Gasteiger partial charge in [0.1, 0.15) is 0 Å². The van der Waals surface area contributed by atoms with Crippen molar-refractivity contribution in [1.82, 2.24) is 15.2 Å². The van der Waals surface area contributed by atoms with Crippen molar-refractivity contribution in [3.63, 3.8) is 0 Å². The van der Waals surface area contributed by atoms with Crippen LogP contribution in [-0.2, 0) is 4.74 Å². The summed E-state index contributed by atoms with van der Waals surface area (Å²) >= 11 is 1.58. The van der Waals surface area contributed by atoms with Crippen LogP contribution in [0.2, 0.25) is 0 Å². The van der Waals surface area contributed by atoms with Crippen molar-refractivity contribution in [1.29, 1.82) is 0 Å². The van der Waals surface area contributed by atoms with E-state index in [-0.39, 0.29) is 23.8 Å². The maximum absolute atomic E-state index is 12.3. The van der Waals surface area contributed by atoms with Gasteiger partial charge in [-0.25, -0.2) is 4.79 Å². The molecule has 3 aromatic rings. The highest BCUT2D eigenvalue weighted by Crippen LogP contribution is 2.29. The molecule has 0 spiro atoms. The van der Waals surface area contributed by atoms with Crippen LogP contribution in [0.5, 0.6) is 0 Å². The van der Waals surface area contributed by atoms with E-state index >= 15 is 0 Å². The van der Waals surface area contributed by atoms with Crippen LogP contribution in [0, 0.1) is 0 Å². The number of H-pyrrole nitrogens is 1. The van der Waals surface area contributed by atoms with E-state index in [2.05, 4.69) is 33.9 Å². The average molecular weight is 412 g/mol. The molecule has 1 aliphatic rings. The van der Waals surface area contributed by atoms with Crippen molar-refractivity contribution < 1.29 is 9.53 Å². The molecular formula is C22H25N3O3S. The predicted molar refractivity (Wildman–Crippen MR) is 118 cm³/mol. The number of carbonyl (C=O) groups is 1. The van der Waals surface area contributed by atoms with E-state index in [0.29, 0.717) is 0 Å². The predicted octanol–water partition coefficient (Wildman–Crippen LogP) is 4.31. The van der Waals surface area contributed by atoms with Crippen molar-refractivity contribution in [3.05, 3.63) is 52.1 Å². The van der Waals surface area contributed by atoms with E-state index in [1.54, 1.807) is 11.3 Å². The molecular weight excluding hydrogens is 386 g/mol. The van der Waals surface area contributed by atoms with Crippen LogP contribution < -0.4 is 10.9 Å². The summed E-state index contributed by atoms with van der Waals surface area (Å²) in [5.41, 5.74) is 2.70. The number of pyridine rings is 1. The number of hydrogen-bond donors (Lipinski definition) is 2. The Labute approximate surface area is 173 Å². The number of nitrogens with zero attached hydrogens (tertiary/aromatic N) is 1. The highest BCUT2D eigenvalue weighted by molar-refractivity contribution is 7.18. The van der Waals surface area contributed by atoms with Crippen LogP contribution in [0.1, 0.15) is 32.3 Å². The number of carbonyl (C=O) groups excluding carboxylic acids is 1. The Morgan fingerprint density at radius 2 is 2.03 bits per heavy atom. The first-order chi connectivity index (χ1) is 13.9. The molecule has 0 bridgehead atoms. The fourth-order valence-corrected chi connectivity index (χ4v) is 4.74. The third kappa shape index (κ3) is 4.00. The number of hydrogen-bond acceptors (Lipinski definition) is 5. The number of piperidine rings is 1. The molecule has 152 valence electrons. The molecule has 4 rings (SSSR count). The second-order valence-corrected chi connectivity index (χ2v) is 8.60. The second kappa shape index (κ2) is 7.91. The lowest BCUT2D eigenvalue weighted by Crippen LogP contribution is -2.44. The molecule has 2 aromatic heterocycles. The summed E-state index contributed by atoms with van der Waals surface area (Å²) in [5, 5.41) is 6.67. The van der Waals surface area contributed by atoms with Gasteiger partial charge in [-0.1, -0.05) is 18.7 Å². The van der Waals surface area contributed by atoms with Crippen molar-refractivity contribution >= 4 is 44.1 Å². The Balaban J connectivity index is 1.46. The smallest absolute Gasteiger partial charge is 0.407 e. The van der Waals surface area contributed by atoms with Gasteiger partial charge in [0.25, 0.3) is 5.56 Å². The van der Waals surface area contributed by atoms with Crippen molar-refractivity contribution in [2.24, 2.45) is 0 Å². The number of alkyl carbamates (subject to hydrolysis) is 1. The topological polar surface area (TPSA) is 74.4 Å². The molecule has 29 heavy (non-hydrogen) atoms. The van der Waals surface area contributed by atoms with E-state index < -0.39 is 0 Å². The van der Waals surface area contributed by atoms with Crippen LogP contribution in [0.15, 0.2) is 41.0 Å². The van der Waals surface area contributed by atoms with Gasteiger partial charge in [0, 0.05) is 34.9 Å². The zero-order valence-electron chi connectivity index (χ0n) is 16.7. The lowest BCUT2D eigenvalue weighted by Gasteiger charge is -2.35. The lowest BCUT2D eigenvalue weighted by molar-refractivity contribution is 0.108. The molecule has 3 heterocycles. The molecule has 7 heteroatoms. The molecule has 1 saturated heterocycles. The average Bonchev–Trinajstić information content (AvgIpc) is 3.18. The molecule has 2 N–H and O–H groups in total. The van der Waals surface area contributed by atoms with Gasteiger partial charge in [0.2, 0.25) is 0 Å². The number of likely N-dealkylation sites (tertiary alicyclic amines) is 1. The lowest BCUT2D eigenvalue weighted by atomic mass is 10.0. The molecule has 1 fully saturated rings. The highest BCUT2D eigenvalue weighted by atomic mass is 32.1. The number of aromatic amines is 1. The first-order valence-corrected chi connectivity index (χ1v) is 10.7. The minimum absolute atomic E-state index is 0.0586. The Morgan fingerprint density at radius 3 is 2.76 bits per heavy atom. The Kier molecular flexibility index (Phi) is 5.32. The quantitative estimate of drug-likeness (QED) is 0.671. The van der Waals surface area contributed by atoms with Gasteiger partial charge >= 0.3 is 6.09 Å². The molecule has 1 aromatic carbocycles. The Morgan fingerprint density at radius 1 is 1.28 bits per heavy atom. The van der Waals surface area contributed by atoms with Crippen molar-refractivity contribution in [2.75, 3.05) is 13.1 Å². The number of fused-ring (bicyclic) bond motifs is 3. The third-order valence-corrected chi connectivity index (χ3v) is 6.24. The molecule has 0 unspecified atom stereocenters. The van der Waals surface area contributed by atoms with Gasteiger partial charge in [-0.05, 0) is 49.8 Å². The normalized spacial score (nSPS) is 15.2. The van der Waals surface area contributed by atoms with Gasteiger partial charge in [0.05, 0.1) is 17.0 Å². The molecule has 0 aliphatic carbocycles. The highest BCUT2D eigenvalue weighted by Gasteiger charge is 2.23. The SMILES string of the molecule is C=C(c1ccc2c(c1)[nH]c(=O)c1ccsc12)N1CCC(NC(=O)OC(C)C)CC1. The number of amides is 1. The van der Waals surface area contributed by atoms with Crippen molar-refractivity contribution in [3.8, 4) is 0 Å². The zero-order valence-corrected chi connectivity index (χ0v) is 17.5. The molecule has 1 aliphatic heterocycles. The fourth-order valence-electron chi connectivity index (χ4n) is 3.80. The Bertz CT molecular complexity index is 1120. The standard InChI is InChI=1S/C22H25N3O3S/c1-13(2)28-22(27)23-16-6-9-25(10-7-16)14(3)15-4-5-17-19(12-15)24-21(26)18-8-11-29-20(17)18/h4-5,8,11-13,16H,3,6-7,9-10H2,1-2H3,(H,23,27)(H,24,26). The Hall–Kier alpha value is -2.80. The van der Waals surface area contributed by atoms with Crippen molar-refractivity contribution in [2.45, 2.75) is 38.8 Å². The van der Waals surface area contributed by atoms with Gasteiger partial charge in [-0.2, -0.15) is 0 Å². The zero-order chi connectivity index (χ0) is 20.5.